The van der Waals surface area contributed by atoms with Gasteiger partial charge in [-0.2, -0.15) is 0 Å². The number of nitrogens with zero attached hydrogens (tertiary/aromatic N) is 3. The third-order valence-corrected chi connectivity index (χ3v) is 9.10. The molecule has 4 aromatic carbocycles. The molecule has 0 saturated carbocycles. The number of para-hydroxylation sites is 1. The number of carbonyl (C=O) groups is 2. The number of fused-ring (bicyclic) bond motifs is 1. The number of rotatable bonds is 5. The van der Waals surface area contributed by atoms with Gasteiger partial charge in [-0.3, -0.25) is 9.59 Å². The molecule has 0 atom stereocenters. The van der Waals surface area contributed by atoms with Crippen molar-refractivity contribution in [2.24, 2.45) is 0 Å². The lowest BCUT2D eigenvalue weighted by Gasteiger charge is -2.37. The molecule has 2 aliphatic rings. The second-order valence-corrected chi connectivity index (χ2v) is 12.3. The molecule has 4 aromatic rings. The Morgan fingerprint density at radius 2 is 1.62 bits per heavy atom. The molecule has 2 amide bonds. The first-order valence-electron chi connectivity index (χ1n) is 14.1. The van der Waals surface area contributed by atoms with Gasteiger partial charge in [-0.25, -0.2) is 0 Å². The summed E-state index contributed by atoms with van der Waals surface area (Å²) in [5.74, 6) is -0.0138. The first kappa shape index (κ1) is 28.1. The maximum atomic E-state index is 13.7. The lowest BCUT2D eigenvalue weighted by molar-refractivity contribution is -0.114. The molecule has 1 saturated heterocycles. The average molecular weight is 594 g/mol. The topological polar surface area (TPSA) is 43.9 Å². The SMILES string of the molecule is Cc1ccc(C)c(N2CCN(C(=O)c3ccc(C=C4Sc5ccccc5N(Cc5cccc(Cl)c5)C4=O)cc3)CC2)c1. The lowest BCUT2D eigenvalue weighted by atomic mass is 10.1. The second kappa shape index (κ2) is 12.1. The number of hydrogen-bond acceptors (Lipinski definition) is 4. The molecule has 0 N–H and O–H groups in total. The molecule has 2 aliphatic heterocycles. The van der Waals surface area contributed by atoms with Crippen molar-refractivity contribution in [1.29, 1.82) is 0 Å². The van der Waals surface area contributed by atoms with Gasteiger partial charge in [0, 0.05) is 47.3 Å². The summed E-state index contributed by atoms with van der Waals surface area (Å²) in [6, 6.07) is 29.6. The summed E-state index contributed by atoms with van der Waals surface area (Å²) < 4.78 is 0. The van der Waals surface area contributed by atoms with E-state index in [9.17, 15) is 9.59 Å². The fourth-order valence-electron chi connectivity index (χ4n) is 5.50. The molecule has 5 nitrogen and oxygen atoms in total. The molecule has 0 aromatic heterocycles. The van der Waals surface area contributed by atoms with Gasteiger partial charge in [-0.05, 0) is 84.6 Å². The highest BCUT2D eigenvalue weighted by Crippen LogP contribution is 2.42. The summed E-state index contributed by atoms with van der Waals surface area (Å²) in [7, 11) is 0. The van der Waals surface area contributed by atoms with Gasteiger partial charge in [0.2, 0.25) is 0 Å². The Balaban J connectivity index is 1.16. The van der Waals surface area contributed by atoms with Crippen LogP contribution in [0, 0.1) is 13.8 Å². The predicted molar refractivity (Wildman–Crippen MR) is 173 cm³/mol. The van der Waals surface area contributed by atoms with E-state index in [0.29, 0.717) is 35.1 Å². The maximum absolute atomic E-state index is 13.7. The zero-order chi connectivity index (χ0) is 29.2. The van der Waals surface area contributed by atoms with Crippen LogP contribution in [0.15, 0.2) is 101 Å². The van der Waals surface area contributed by atoms with Gasteiger partial charge >= 0.3 is 0 Å². The quantitative estimate of drug-likeness (QED) is 0.224. The Bertz CT molecular complexity index is 1680. The number of thioether (sulfide) groups is 1. The molecule has 0 bridgehead atoms. The highest BCUT2D eigenvalue weighted by molar-refractivity contribution is 8.04. The smallest absolute Gasteiger partial charge is 0.265 e. The molecule has 0 radical (unpaired) electrons. The third kappa shape index (κ3) is 5.96. The van der Waals surface area contributed by atoms with Gasteiger partial charge in [0.25, 0.3) is 11.8 Å². The minimum atomic E-state index is -0.0551. The van der Waals surface area contributed by atoms with Crippen LogP contribution in [0.4, 0.5) is 11.4 Å². The summed E-state index contributed by atoms with van der Waals surface area (Å²) in [6.07, 6.45) is 1.91. The van der Waals surface area contributed by atoms with Crippen molar-refractivity contribution in [2.45, 2.75) is 25.3 Å². The number of halogens is 1. The molecule has 0 spiro atoms. The van der Waals surface area contributed by atoms with Crippen molar-refractivity contribution in [3.05, 3.63) is 129 Å². The minimum Gasteiger partial charge on any atom is -0.368 e. The Morgan fingerprint density at radius 1 is 0.857 bits per heavy atom. The third-order valence-electron chi connectivity index (χ3n) is 7.79. The van der Waals surface area contributed by atoms with Crippen LogP contribution >= 0.6 is 23.4 Å². The van der Waals surface area contributed by atoms with Gasteiger partial charge in [0.1, 0.15) is 0 Å². The van der Waals surface area contributed by atoms with E-state index in [1.54, 1.807) is 4.90 Å². The van der Waals surface area contributed by atoms with Crippen molar-refractivity contribution in [3.63, 3.8) is 0 Å². The highest BCUT2D eigenvalue weighted by atomic mass is 35.5. The van der Waals surface area contributed by atoms with Crippen molar-refractivity contribution in [3.8, 4) is 0 Å². The number of anilines is 2. The van der Waals surface area contributed by atoms with Gasteiger partial charge in [0.15, 0.2) is 0 Å². The maximum Gasteiger partial charge on any atom is 0.265 e. The monoisotopic (exact) mass is 593 g/mol. The summed E-state index contributed by atoms with van der Waals surface area (Å²) in [6.45, 7) is 7.67. The minimum absolute atomic E-state index is 0.0413. The number of aryl methyl sites for hydroxylation is 2. The normalized spacial score (nSPS) is 16.1. The second-order valence-electron chi connectivity index (χ2n) is 10.8. The Labute approximate surface area is 256 Å². The summed E-state index contributed by atoms with van der Waals surface area (Å²) >= 11 is 7.69. The Morgan fingerprint density at radius 3 is 2.38 bits per heavy atom. The number of hydrogen-bond donors (Lipinski definition) is 0. The lowest BCUT2D eigenvalue weighted by Crippen LogP contribution is -2.49. The van der Waals surface area contributed by atoms with E-state index >= 15 is 0 Å². The molecule has 212 valence electrons. The molecule has 6 rings (SSSR count). The van der Waals surface area contributed by atoms with Crippen LogP contribution in [0.2, 0.25) is 5.02 Å². The summed E-state index contributed by atoms with van der Waals surface area (Å²) in [5, 5.41) is 0.647. The zero-order valence-electron chi connectivity index (χ0n) is 23.7. The van der Waals surface area contributed by atoms with Crippen molar-refractivity contribution < 1.29 is 9.59 Å². The number of amides is 2. The number of carbonyl (C=O) groups excluding carboxylic acids is 2. The summed E-state index contributed by atoms with van der Waals surface area (Å²) in [4.78, 5) is 34.8. The molecular weight excluding hydrogens is 562 g/mol. The van der Waals surface area contributed by atoms with Gasteiger partial charge in [-0.15, -0.1) is 0 Å². The van der Waals surface area contributed by atoms with E-state index in [1.807, 2.05) is 83.8 Å². The summed E-state index contributed by atoms with van der Waals surface area (Å²) in [5.41, 5.74) is 7.16. The van der Waals surface area contributed by atoms with E-state index in [1.165, 1.54) is 28.6 Å². The first-order valence-corrected chi connectivity index (χ1v) is 15.3. The van der Waals surface area contributed by atoms with Crippen molar-refractivity contribution in [2.75, 3.05) is 36.0 Å². The average Bonchev–Trinajstić information content (AvgIpc) is 3.00. The molecule has 7 heteroatoms. The Kier molecular flexibility index (Phi) is 8.09. The Hall–Kier alpha value is -4.00. The van der Waals surface area contributed by atoms with E-state index in [4.69, 9.17) is 11.6 Å². The van der Waals surface area contributed by atoms with Gasteiger partial charge in [-0.1, -0.05) is 71.9 Å². The van der Waals surface area contributed by atoms with E-state index < -0.39 is 0 Å². The fraction of sp³-hybridized carbons (Fsp3) is 0.200. The van der Waals surface area contributed by atoms with Crippen molar-refractivity contribution >= 4 is 52.6 Å². The van der Waals surface area contributed by atoms with E-state index in [-0.39, 0.29) is 11.8 Å². The van der Waals surface area contributed by atoms with Crippen LogP contribution in [-0.2, 0) is 11.3 Å². The highest BCUT2D eigenvalue weighted by Gasteiger charge is 2.29. The van der Waals surface area contributed by atoms with Crippen LogP contribution < -0.4 is 9.80 Å². The molecular formula is C35H32ClN3O2S. The number of piperazine rings is 1. The standard InChI is InChI=1S/C35H32ClN3O2S/c1-24-10-11-25(2)31(20-24)37-16-18-38(19-17-37)34(40)28-14-12-26(13-15-28)22-33-35(41)39(23-27-6-5-7-29(36)21-27)30-8-3-4-9-32(30)42-33/h3-15,20-22H,16-19,23H2,1-2H3. The largest absolute Gasteiger partial charge is 0.368 e. The van der Waals surface area contributed by atoms with Crippen LogP contribution in [0.1, 0.15) is 32.6 Å². The fourth-order valence-corrected chi connectivity index (χ4v) is 6.78. The molecule has 0 aliphatic carbocycles. The van der Waals surface area contributed by atoms with Gasteiger partial charge < -0.3 is 14.7 Å². The molecule has 42 heavy (non-hydrogen) atoms. The van der Waals surface area contributed by atoms with Crippen molar-refractivity contribution in [1.82, 2.24) is 4.90 Å². The van der Waals surface area contributed by atoms with E-state index in [0.717, 1.165) is 34.8 Å². The molecule has 1 fully saturated rings. The number of benzene rings is 4. The van der Waals surface area contributed by atoms with Crippen LogP contribution in [0.5, 0.6) is 0 Å². The van der Waals surface area contributed by atoms with E-state index in [2.05, 4.69) is 36.9 Å². The first-order chi connectivity index (χ1) is 20.4. The van der Waals surface area contributed by atoms with Crippen LogP contribution in [0.25, 0.3) is 6.08 Å². The van der Waals surface area contributed by atoms with Crippen LogP contribution in [-0.4, -0.2) is 42.9 Å². The zero-order valence-corrected chi connectivity index (χ0v) is 25.3. The van der Waals surface area contributed by atoms with Gasteiger partial charge in [0.05, 0.1) is 17.1 Å². The predicted octanol–water partition coefficient (Wildman–Crippen LogP) is 7.60. The van der Waals surface area contributed by atoms with Crippen LogP contribution in [0.3, 0.4) is 0 Å². The molecule has 0 unspecified atom stereocenters. The molecule has 2 heterocycles.